The van der Waals surface area contributed by atoms with Crippen LogP contribution in [0.1, 0.15) is 22.3 Å². The number of aldehydes is 1. The Morgan fingerprint density at radius 3 is 2.53 bits per heavy atom. The Bertz CT molecular complexity index is 1530. The molecule has 6 nitrogen and oxygen atoms in total. The predicted octanol–water partition coefficient (Wildman–Crippen LogP) is 6.34. The summed E-state index contributed by atoms with van der Waals surface area (Å²) in [6, 6.07) is 18.0. The van der Waals surface area contributed by atoms with Gasteiger partial charge in [0.25, 0.3) is 5.01 Å². The fourth-order valence-corrected chi connectivity index (χ4v) is 6.60. The molecule has 4 aromatic rings. The first-order valence-electron chi connectivity index (χ1n) is 11.2. The summed E-state index contributed by atoms with van der Waals surface area (Å²) in [6.45, 7) is 1.65. The molecular weight excluding hydrogens is 514 g/mol. The van der Waals surface area contributed by atoms with Crippen molar-refractivity contribution in [3.8, 4) is 0 Å². The van der Waals surface area contributed by atoms with E-state index in [1.807, 2.05) is 50.5 Å². The average Bonchev–Trinajstić information content (AvgIpc) is 3.35. The smallest absolute Gasteiger partial charge is 0.326 e. The number of aromatic nitrogens is 1. The first kappa shape index (κ1) is 24.4. The summed E-state index contributed by atoms with van der Waals surface area (Å²) in [6.07, 6.45) is 2.94. The SMILES string of the molecule is CC(C(=O)O)N(c1ccc(C=O)cc1)c1ccc2sc(/C=C3\Sc4ccc(Cl)cc4N3C)[n+](C)c2c1. The predicted molar refractivity (Wildman–Crippen MR) is 148 cm³/mol. The molecule has 0 saturated carbocycles. The van der Waals surface area contributed by atoms with E-state index in [0.717, 1.165) is 42.8 Å². The number of aryl methyl sites for hydroxylation is 1. The zero-order valence-corrected chi connectivity index (χ0v) is 22.2. The summed E-state index contributed by atoms with van der Waals surface area (Å²) in [4.78, 5) is 28.1. The molecule has 5 rings (SSSR count). The van der Waals surface area contributed by atoms with Crippen molar-refractivity contribution in [2.45, 2.75) is 17.9 Å². The maximum absolute atomic E-state index is 12.0. The second-order valence-electron chi connectivity index (χ2n) is 8.50. The number of carbonyl (C=O) groups excluding carboxylic acids is 1. The van der Waals surface area contributed by atoms with Gasteiger partial charge in [-0.15, -0.1) is 0 Å². The Morgan fingerprint density at radius 2 is 1.83 bits per heavy atom. The van der Waals surface area contributed by atoms with Gasteiger partial charge in [0.15, 0.2) is 0 Å². The maximum Gasteiger partial charge on any atom is 0.326 e. The minimum Gasteiger partial charge on any atom is -0.480 e. The second kappa shape index (κ2) is 9.61. The van der Waals surface area contributed by atoms with Crippen LogP contribution >= 0.6 is 34.7 Å². The Balaban J connectivity index is 1.54. The van der Waals surface area contributed by atoms with Crippen LogP contribution in [0.5, 0.6) is 0 Å². The summed E-state index contributed by atoms with van der Waals surface area (Å²) < 4.78 is 3.22. The third-order valence-electron chi connectivity index (χ3n) is 6.25. The third kappa shape index (κ3) is 4.36. The van der Waals surface area contributed by atoms with E-state index >= 15 is 0 Å². The van der Waals surface area contributed by atoms with Crippen LogP contribution in [0.4, 0.5) is 17.1 Å². The maximum atomic E-state index is 12.0. The molecule has 0 spiro atoms. The highest BCUT2D eigenvalue weighted by atomic mass is 35.5. The molecule has 0 saturated heterocycles. The van der Waals surface area contributed by atoms with Crippen LogP contribution in [0, 0.1) is 0 Å². The van der Waals surface area contributed by atoms with Crippen LogP contribution in [0.3, 0.4) is 0 Å². The van der Waals surface area contributed by atoms with Crippen molar-refractivity contribution >= 4 is 80.3 Å². The number of halogens is 1. The molecule has 2 heterocycles. The number of benzene rings is 3. The molecule has 36 heavy (non-hydrogen) atoms. The number of rotatable bonds is 6. The molecule has 1 atom stereocenters. The van der Waals surface area contributed by atoms with Crippen molar-refractivity contribution in [2.24, 2.45) is 7.05 Å². The highest BCUT2D eigenvalue weighted by molar-refractivity contribution is 8.03. The highest BCUT2D eigenvalue weighted by Crippen LogP contribution is 2.46. The van der Waals surface area contributed by atoms with Crippen molar-refractivity contribution in [3.63, 3.8) is 0 Å². The van der Waals surface area contributed by atoms with Crippen molar-refractivity contribution in [2.75, 3.05) is 16.8 Å². The fourth-order valence-electron chi connectivity index (χ4n) is 4.22. The monoisotopic (exact) mass is 536 g/mol. The van der Waals surface area contributed by atoms with Gasteiger partial charge in [0.05, 0.1) is 16.8 Å². The zero-order chi connectivity index (χ0) is 25.6. The van der Waals surface area contributed by atoms with E-state index in [1.165, 1.54) is 0 Å². The molecular formula is C27H23ClN3O3S2+. The Hall–Kier alpha value is -3.33. The number of carbonyl (C=O) groups is 2. The van der Waals surface area contributed by atoms with Gasteiger partial charge < -0.3 is 14.9 Å². The van der Waals surface area contributed by atoms with Gasteiger partial charge in [-0.3, -0.25) is 4.79 Å². The molecule has 1 unspecified atom stereocenters. The summed E-state index contributed by atoms with van der Waals surface area (Å²) in [5, 5.41) is 12.7. The molecule has 0 aliphatic carbocycles. The van der Waals surface area contributed by atoms with Crippen LogP contribution in [0.25, 0.3) is 16.3 Å². The van der Waals surface area contributed by atoms with E-state index < -0.39 is 12.0 Å². The van der Waals surface area contributed by atoms with Crippen molar-refractivity contribution < 1.29 is 19.3 Å². The van der Waals surface area contributed by atoms with Crippen molar-refractivity contribution in [1.29, 1.82) is 0 Å². The molecule has 9 heteroatoms. The quantitative estimate of drug-likeness (QED) is 0.229. The van der Waals surface area contributed by atoms with E-state index in [2.05, 4.69) is 15.5 Å². The molecule has 1 aliphatic rings. The largest absolute Gasteiger partial charge is 0.480 e. The lowest BCUT2D eigenvalue weighted by Crippen LogP contribution is -2.35. The summed E-state index contributed by atoms with van der Waals surface area (Å²) in [5.74, 6) is -0.935. The van der Waals surface area contributed by atoms with Gasteiger partial charge in [-0.25, -0.2) is 4.79 Å². The number of nitrogens with zero attached hydrogens (tertiary/aromatic N) is 3. The number of thioether (sulfide) groups is 1. The second-order valence-corrected chi connectivity index (χ2v) is 11.1. The topological polar surface area (TPSA) is 64.7 Å². The number of fused-ring (bicyclic) bond motifs is 2. The molecule has 1 N–H and O–H groups in total. The minimum absolute atomic E-state index is 0.540. The lowest BCUT2D eigenvalue weighted by molar-refractivity contribution is -0.642. The molecule has 1 aromatic heterocycles. The van der Waals surface area contributed by atoms with Gasteiger partial charge in [0.2, 0.25) is 5.52 Å². The average molecular weight is 537 g/mol. The number of aliphatic carboxylic acids is 1. The van der Waals surface area contributed by atoms with Gasteiger partial charge in [-0.2, -0.15) is 4.57 Å². The molecule has 1 aliphatic heterocycles. The number of carboxylic acids is 1. The highest BCUT2D eigenvalue weighted by Gasteiger charge is 2.27. The van der Waals surface area contributed by atoms with Crippen LogP contribution in [-0.2, 0) is 11.8 Å². The number of hydrogen-bond donors (Lipinski definition) is 1. The first-order chi connectivity index (χ1) is 17.3. The lowest BCUT2D eigenvalue weighted by atomic mass is 10.1. The summed E-state index contributed by atoms with van der Waals surface area (Å²) in [5.41, 5.74) is 4.10. The van der Waals surface area contributed by atoms with Crippen LogP contribution in [0.2, 0.25) is 5.02 Å². The number of anilines is 3. The molecule has 3 aromatic carbocycles. The molecule has 0 amide bonds. The number of hydrogen-bond acceptors (Lipinski definition) is 6. The number of thiazole rings is 1. The Morgan fingerprint density at radius 1 is 1.11 bits per heavy atom. The minimum atomic E-state index is -0.935. The van der Waals surface area contributed by atoms with Crippen LogP contribution in [0.15, 0.2) is 70.6 Å². The Labute approximate surface area is 222 Å². The van der Waals surface area contributed by atoms with E-state index in [0.29, 0.717) is 16.3 Å². The fraction of sp³-hybridized carbons (Fsp3) is 0.148. The van der Waals surface area contributed by atoms with Gasteiger partial charge in [-0.05, 0) is 61.5 Å². The van der Waals surface area contributed by atoms with Gasteiger partial charge in [0.1, 0.15) is 24.1 Å². The molecule has 0 radical (unpaired) electrons. The van der Waals surface area contributed by atoms with Crippen molar-refractivity contribution in [1.82, 2.24) is 0 Å². The van der Waals surface area contributed by atoms with E-state index in [4.69, 9.17) is 11.6 Å². The summed E-state index contributed by atoms with van der Waals surface area (Å²) in [7, 11) is 4.05. The lowest BCUT2D eigenvalue weighted by Gasteiger charge is -2.28. The standard InChI is InChI=1S/C27H22ClN3O3S2/c1-16(27(33)34)31(19-7-4-17(15-32)5-8-19)20-9-11-24-22(13-20)30(3)26(36-24)14-25-29(2)21-12-18(28)6-10-23(21)35-25/h4-16H,1-3H3/p+1. The van der Waals surface area contributed by atoms with Gasteiger partial charge >= 0.3 is 5.97 Å². The van der Waals surface area contributed by atoms with Gasteiger partial charge in [0, 0.05) is 40.0 Å². The Kier molecular flexibility index (Phi) is 6.51. The normalized spacial score (nSPS) is 14.8. The molecule has 182 valence electrons. The van der Waals surface area contributed by atoms with E-state index in [1.54, 1.807) is 59.2 Å². The third-order valence-corrected chi connectivity index (χ3v) is 8.82. The van der Waals surface area contributed by atoms with Crippen LogP contribution in [-0.4, -0.2) is 30.5 Å². The zero-order valence-electron chi connectivity index (χ0n) is 19.8. The summed E-state index contributed by atoms with van der Waals surface area (Å²) >= 11 is 9.59. The van der Waals surface area contributed by atoms with Gasteiger partial charge in [-0.1, -0.05) is 34.7 Å². The first-order valence-corrected chi connectivity index (χ1v) is 13.2. The van der Waals surface area contributed by atoms with E-state index in [9.17, 15) is 14.7 Å². The van der Waals surface area contributed by atoms with E-state index in [-0.39, 0.29) is 0 Å². The number of carboxylic acid groups (broad SMARTS) is 1. The molecule has 0 bridgehead atoms. The van der Waals surface area contributed by atoms with Crippen molar-refractivity contribution in [3.05, 3.63) is 81.3 Å². The molecule has 0 fully saturated rings. The van der Waals surface area contributed by atoms with Crippen LogP contribution < -0.4 is 14.4 Å².